The fraction of sp³-hybridized carbons (Fsp3) is 0.429. The van der Waals surface area contributed by atoms with Crippen LogP contribution in [-0.2, 0) is 4.79 Å². The van der Waals surface area contributed by atoms with Crippen LogP contribution < -0.4 is 10.1 Å². The molecule has 1 rings (SSSR count). The third-order valence-corrected chi connectivity index (χ3v) is 3.44. The van der Waals surface area contributed by atoms with Crippen molar-refractivity contribution in [3.63, 3.8) is 0 Å². The van der Waals surface area contributed by atoms with Crippen LogP contribution in [0.1, 0.15) is 37.0 Å². The summed E-state index contributed by atoms with van der Waals surface area (Å²) in [6.07, 6.45) is 1.62. The third-order valence-electron chi connectivity index (χ3n) is 2.94. The summed E-state index contributed by atoms with van der Waals surface area (Å²) >= 11 is 11.7. The number of carboxylic acids is 1. The topological polar surface area (TPSA) is 75.6 Å². The van der Waals surface area contributed by atoms with Crippen molar-refractivity contribution in [3.05, 3.63) is 27.7 Å². The zero-order chi connectivity index (χ0) is 16.0. The van der Waals surface area contributed by atoms with E-state index in [0.717, 1.165) is 12.8 Å². The van der Waals surface area contributed by atoms with Crippen LogP contribution in [-0.4, -0.2) is 29.6 Å². The minimum Gasteiger partial charge on any atom is -0.481 e. The number of nitrogens with one attached hydrogen (secondary N) is 1. The molecule has 0 spiro atoms. The van der Waals surface area contributed by atoms with Crippen LogP contribution in [0.3, 0.4) is 0 Å². The monoisotopic (exact) mass is 333 g/mol. The van der Waals surface area contributed by atoms with Crippen LogP contribution in [0.4, 0.5) is 0 Å². The molecular formula is C14H17Cl2NO4. The van der Waals surface area contributed by atoms with E-state index < -0.39 is 5.97 Å². The standard InChI is InChI=1S/C14H17Cl2NO4/c1-3-9(4-2)17-12(18)7-21-13-10(14(19)20)5-8(15)6-11(13)16/h5-6,9H,3-4,7H2,1-2H3,(H,17,18)(H,19,20). The highest BCUT2D eigenvalue weighted by atomic mass is 35.5. The van der Waals surface area contributed by atoms with Crippen molar-refractivity contribution in [1.82, 2.24) is 5.32 Å². The lowest BCUT2D eigenvalue weighted by atomic mass is 10.2. The third kappa shape index (κ3) is 5.10. The first-order valence-electron chi connectivity index (χ1n) is 6.53. The maximum atomic E-state index is 11.8. The van der Waals surface area contributed by atoms with Crippen molar-refractivity contribution < 1.29 is 19.4 Å². The Morgan fingerprint density at radius 2 is 1.90 bits per heavy atom. The molecule has 0 aromatic heterocycles. The van der Waals surface area contributed by atoms with Gasteiger partial charge in [-0.05, 0) is 25.0 Å². The number of carbonyl (C=O) groups is 2. The van der Waals surface area contributed by atoms with Crippen LogP contribution in [0.2, 0.25) is 10.0 Å². The first-order chi connectivity index (χ1) is 9.88. The Bertz CT molecular complexity index is 530. The second kappa shape index (κ2) is 8.10. The molecule has 0 aliphatic carbocycles. The lowest BCUT2D eigenvalue weighted by Gasteiger charge is -2.16. The van der Waals surface area contributed by atoms with Gasteiger partial charge in [0.05, 0.1) is 5.02 Å². The van der Waals surface area contributed by atoms with Crippen molar-refractivity contribution >= 4 is 35.1 Å². The molecule has 1 aromatic rings. The highest BCUT2D eigenvalue weighted by molar-refractivity contribution is 6.36. The second-order valence-corrected chi connectivity index (χ2v) is 5.28. The number of aromatic carboxylic acids is 1. The van der Waals surface area contributed by atoms with Gasteiger partial charge < -0.3 is 15.2 Å². The SMILES string of the molecule is CCC(CC)NC(=O)COc1c(Cl)cc(Cl)cc1C(=O)O. The Kier molecular flexibility index (Phi) is 6.78. The summed E-state index contributed by atoms with van der Waals surface area (Å²) in [5.74, 6) is -1.62. The molecule has 0 atom stereocenters. The molecule has 5 nitrogen and oxygen atoms in total. The lowest BCUT2D eigenvalue weighted by Crippen LogP contribution is -2.37. The summed E-state index contributed by atoms with van der Waals surface area (Å²) in [5.41, 5.74) is -0.178. The summed E-state index contributed by atoms with van der Waals surface area (Å²) in [4.78, 5) is 22.9. The zero-order valence-electron chi connectivity index (χ0n) is 11.8. The first-order valence-corrected chi connectivity index (χ1v) is 7.29. The van der Waals surface area contributed by atoms with E-state index in [1.165, 1.54) is 12.1 Å². The molecule has 0 aliphatic rings. The predicted molar refractivity (Wildman–Crippen MR) is 81.4 cm³/mol. The fourth-order valence-corrected chi connectivity index (χ4v) is 2.31. The largest absolute Gasteiger partial charge is 0.481 e. The Hall–Kier alpha value is -1.46. The van der Waals surface area contributed by atoms with E-state index in [0.29, 0.717) is 0 Å². The molecule has 21 heavy (non-hydrogen) atoms. The van der Waals surface area contributed by atoms with Gasteiger partial charge in [-0.15, -0.1) is 0 Å². The van der Waals surface area contributed by atoms with E-state index in [1.807, 2.05) is 13.8 Å². The predicted octanol–water partition coefficient (Wildman–Crippen LogP) is 3.38. The van der Waals surface area contributed by atoms with Gasteiger partial charge in [0.2, 0.25) is 0 Å². The number of hydrogen-bond donors (Lipinski definition) is 2. The Balaban J connectivity index is 2.80. The van der Waals surface area contributed by atoms with E-state index in [1.54, 1.807) is 0 Å². The second-order valence-electron chi connectivity index (χ2n) is 4.44. The lowest BCUT2D eigenvalue weighted by molar-refractivity contribution is -0.123. The summed E-state index contributed by atoms with van der Waals surface area (Å²) < 4.78 is 5.25. The van der Waals surface area contributed by atoms with E-state index in [9.17, 15) is 9.59 Å². The molecule has 7 heteroatoms. The van der Waals surface area contributed by atoms with Crippen LogP contribution in [0.15, 0.2) is 12.1 Å². The van der Waals surface area contributed by atoms with Gasteiger partial charge in [-0.25, -0.2) is 4.79 Å². The summed E-state index contributed by atoms with van der Waals surface area (Å²) in [7, 11) is 0. The van der Waals surface area contributed by atoms with Crippen LogP contribution in [0.25, 0.3) is 0 Å². The quantitative estimate of drug-likeness (QED) is 0.802. The molecule has 0 saturated heterocycles. The van der Waals surface area contributed by atoms with E-state index >= 15 is 0 Å². The van der Waals surface area contributed by atoms with E-state index in [-0.39, 0.29) is 39.9 Å². The number of carboxylic acid groups (broad SMARTS) is 1. The molecule has 0 bridgehead atoms. The van der Waals surface area contributed by atoms with E-state index in [2.05, 4.69) is 5.32 Å². The summed E-state index contributed by atoms with van der Waals surface area (Å²) in [5, 5.41) is 12.1. The van der Waals surface area contributed by atoms with Crippen LogP contribution >= 0.6 is 23.2 Å². The van der Waals surface area contributed by atoms with Gasteiger partial charge in [0, 0.05) is 11.1 Å². The number of halogens is 2. The first kappa shape index (κ1) is 17.6. The molecule has 0 saturated carbocycles. The highest BCUT2D eigenvalue weighted by Crippen LogP contribution is 2.32. The molecule has 0 heterocycles. The summed E-state index contributed by atoms with van der Waals surface area (Å²) in [6.45, 7) is 3.62. The minimum atomic E-state index is -1.23. The molecule has 1 aromatic carbocycles. The molecule has 0 unspecified atom stereocenters. The van der Waals surface area contributed by atoms with E-state index in [4.69, 9.17) is 33.0 Å². The average Bonchev–Trinajstić information content (AvgIpc) is 2.42. The van der Waals surface area contributed by atoms with Gasteiger partial charge >= 0.3 is 5.97 Å². The van der Waals surface area contributed by atoms with Crippen molar-refractivity contribution in [2.75, 3.05) is 6.61 Å². The van der Waals surface area contributed by atoms with Crippen molar-refractivity contribution in [1.29, 1.82) is 0 Å². The number of rotatable bonds is 7. The van der Waals surface area contributed by atoms with Crippen LogP contribution in [0.5, 0.6) is 5.75 Å². The molecule has 116 valence electrons. The molecule has 1 amide bonds. The maximum Gasteiger partial charge on any atom is 0.339 e. The molecular weight excluding hydrogens is 317 g/mol. The zero-order valence-corrected chi connectivity index (χ0v) is 13.3. The van der Waals surface area contributed by atoms with Gasteiger partial charge in [-0.1, -0.05) is 37.0 Å². The number of carbonyl (C=O) groups excluding carboxylic acids is 1. The van der Waals surface area contributed by atoms with Crippen molar-refractivity contribution in [2.24, 2.45) is 0 Å². The molecule has 2 N–H and O–H groups in total. The highest BCUT2D eigenvalue weighted by Gasteiger charge is 2.18. The number of amides is 1. The van der Waals surface area contributed by atoms with Crippen LogP contribution in [0, 0.1) is 0 Å². The Morgan fingerprint density at radius 3 is 2.43 bits per heavy atom. The number of ether oxygens (including phenoxy) is 1. The average molecular weight is 334 g/mol. The van der Waals surface area contributed by atoms with Gasteiger partial charge in [-0.3, -0.25) is 4.79 Å². The van der Waals surface area contributed by atoms with Crippen molar-refractivity contribution in [3.8, 4) is 5.75 Å². The van der Waals surface area contributed by atoms with Gasteiger partial charge in [-0.2, -0.15) is 0 Å². The smallest absolute Gasteiger partial charge is 0.339 e. The Morgan fingerprint density at radius 1 is 1.29 bits per heavy atom. The molecule has 0 radical (unpaired) electrons. The normalized spacial score (nSPS) is 10.5. The molecule has 0 fully saturated rings. The van der Waals surface area contributed by atoms with Gasteiger partial charge in [0.15, 0.2) is 12.4 Å². The van der Waals surface area contributed by atoms with Gasteiger partial charge in [0.1, 0.15) is 5.56 Å². The molecule has 0 aliphatic heterocycles. The minimum absolute atomic E-state index is 0.0511. The van der Waals surface area contributed by atoms with Crippen molar-refractivity contribution in [2.45, 2.75) is 32.7 Å². The number of benzene rings is 1. The summed E-state index contributed by atoms with van der Waals surface area (Å²) in [6, 6.07) is 2.66. The maximum absolute atomic E-state index is 11.8. The fourth-order valence-electron chi connectivity index (χ4n) is 1.77. The Labute approximate surface area is 133 Å². The number of hydrogen-bond acceptors (Lipinski definition) is 3. The van der Waals surface area contributed by atoms with Gasteiger partial charge in [0.25, 0.3) is 5.91 Å².